The zero-order chi connectivity index (χ0) is 23.6. The zero-order valence-electron chi connectivity index (χ0n) is 20.7. The Bertz CT molecular complexity index is 990. The van der Waals surface area contributed by atoms with E-state index in [4.69, 9.17) is 10.1 Å². The van der Waals surface area contributed by atoms with Crippen molar-refractivity contribution in [2.75, 3.05) is 24.5 Å². The van der Waals surface area contributed by atoms with Crippen molar-refractivity contribution in [3.8, 4) is 11.3 Å². The summed E-state index contributed by atoms with van der Waals surface area (Å²) in [6.45, 7) is 12.2. The smallest absolute Gasteiger partial charge is 0.303 e. The Morgan fingerprint density at radius 1 is 1.06 bits per heavy atom. The van der Waals surface area contributed by atoms with E-state index in [9.17, 15) is 4.79 Å². The Morgan fingerprint density at radius 2 is 1.76 bits per heavy atom. The first-order chi connectivity index (χ1) is 15.7. The van der Waals surface area contributed by atoms with Crippen molar-refractivity contribution in [2.45, 2.75) is 83.1 Å². The topological polar surface area (TPSA) is 65.5 Å². The molecule has 2 N–H and O–H groups in total. The lowest BCUT2D eigenvalue weighted by atomic mass is 9.63. The number of piperidine rings is 1. The van der Waals surface area contributed by atoms with Gasteiger partial charge in [-0.25, -0.2) is 4.98 Å². The van der Waals surface area contributed by atoms with Crippen LogP contribution in [0.25, 0.3) is 11.3 Å². The molecule has 1 saturated heterocycles. The first kappa shape index (κ1) is 23.7. The number of nitrogens with zero attached hydrogens (tertiary/aromatic N) is 2. The minimum absolute atomic E-state index is 0.192. The van der Waals surface area contributed by atoms with Crippen molar-refractivity contribution in [1.29, 1.82) is 0 Å². The fourth-order valence-electron chi connectivity index (χ4n) is 5.37. The molecule has 1 aliphatic carbocycles. The van der Waals surface area contributed by atoms with E-state index in [2.05, 4.69) is 74.3 Å². The first-order valence-corrected chi connectivity index (χ1v) is 12.5. The van der Waals surface area contributed by atoms with E-state index in [0.29, 0.717) is 12.5 Å². The lowest BCUT2D eigenvalue weighted by Crippen LogP contribution is -2.43. The van der Waals surface area contributed by atoms with Crippen LogP contribution in [0.5, 0.6) is 0 Å². The number of carboxylic acid groups (broad SMARTS) is 1. The highest BCUT2D eigenvalue weighted by Crippen LogP contribution is 2.46. The molecule has 33 heavy (non-hydrogen) atoms. The van der Waals surface area contributed by atoms with Crippen molar-refractivity contribution in [2.24, 2.45) is 0 Å². The van der Waals surface area contributed by atoms with Gasteiger partial charge in [0.2, 0.25) is 0 Å². The minimum atomic E-state index is -0.719. The largest absolute Gasteiger partial charge is 0.481 e. The molecule has 2 aliphatic rings. The highest BCUT2D eigenvalue weighted by atomic mass is 16.4. The van der Waals surface area contributed by atoms with Crippen LogP contribution >= 0.6 is 0 Å². The molecule has 0 saturated carbocycles. The van der Waals surface area contributed by atoms with Gasteiger partial charge in [-0.2, -0.15) is 0 Å². The van der Waals surface area contributed by atoms with E-state index in [1.54, 1.807) is 0 Å². The van der Waals surface area contributed by atoms with Crippen molar-refractivity contribution < 1.29 is 9.90 Å². The van der Waals surface area contributed by atoms with Gasteiger partial charge < -0.3 is 15.3 Å². The fourth-order valence-corrected chi connectivity index (χ4v) is 5.37. The van der Waals surface area contributed by atoms with Crippen LogP contribution in [0.3, 0.4) is 0 Å². The summed E-state index contributed by atoms with van der Waals surface area (Å²) in [6.07, 6.45) is 5.48. The Balaban J connectivity index is 1.45. The zero-order valence-corrected chi connectivity index (χ0v) is 20.7. The maximum atomic E-state index is 10.7. The summed E-state index contributed by atoms with van der Waals surface area (Å²) in [5.74, 6) is 0.331. The van der Waals surface area contributed by atoms with Crippen molar-refractivity contribution in [3.63, 3.8) is 0 Å². The van der Waals surface area contributed by atoms with Gasteiger partial charge in [0.1, 0.15) is 5.82 Å². The Kier molecular flexibility index (Phi) is 6.81. The number of rotatable bonds is 7. The molecule has 1 fully saturated rings. The van der Waals surface area contributed by atoms with Gasteiger partial charge in [0.25, 0.3) is 0 Å². The minimum Gasteiger partial charge on any atom is -0.481 e. The van der Waals surface area contributed by atoms with E-state index in [1.165, 1.54) is 29.5 Å². The highest BCUT2D eigenvalue weighted by Gasteiger charge is 2.37. The lowest BCUT2D eigenvalue weighted by Gasteiger charge is -2.42. The van der Waals surface area contributed by atoms with Crippen LogP contribution in [-0.4, -0.2) is 41.7 Å². The first-order valence-electron chi connectivity index (χ1n) is 12.5. The van der Waals surface area contributed by atoms with Crippen LogP contribution in [0.4, 0.5) is 5.82 Å². The maximum Gasteiger partial charge on any atom is 0.303 e. The number of fused-ring (bicyclic) bond motifs is 1. The molecule has 0 radical (unpaired) electrons. The van der Waals surface area contributed by atoms with Gasteiger partial charge in [-0.1, -0.05) is 45.9 Å². The van der Waals surface area contributed by atoms with E-state index in [1.807, 2.05) is 0 Å². The van der Waals surface area contributed by atoms with Crippen LogP contribution in [-0.2, 0) is 15.6 Å². The number of pyridine rings is 1. The molecule has 1 aliphatic heterocycles. The van der Waals surface area contributed by atoms with Gasteiger partial charge >= 0.3 is 5.97 Å². The molecule has 0 unspecified atom stereocenters. The standard InChI is InChI=1S/C28H39N3O2/c1-27(2)14-15-28(3,4)23-19-20(10-11-22(23)27)24-7-5-8-25(30-24)31-17-12-21(13-18-31)29-16-6-9-26(32)33/h5,7-8,10-11,19,21,29H,6,9,12-18H2,1-4H3,(H,32,33). The number of hydrogen-bond acceptors (Lipinski definition) is 4. The number of hydrogen-bond donors (Lipinski definition) is 2. The molecule has 178 valence electrons. The SMILES string of the molecule is CC1(C)CCC(C)(C)c2cc(-c3cccc(N4CCC(NCCCC(=O)O)CC4)n3)ccc21. The van der Waals surface area contributed by atoms with Crippen LogP contribution in [0, 0.1) is 0 Å². The predicted octanol–water partition coefficient (Wildman–Crippen LogP) is 5.52. The van der Waals surface area contributed by atoms with Gasteiger partial charge in [0.05, 0.1) is 5.69 Å². The molecule has 0 amide bonds. The van der Waals surface area contributed by atoms with E-state index in [-0.39, 0.29) is 17.3 Å². The summed E-state index contributed by atoms with van der Waals surface area (Å²) in [5.41, 5.74) is 5.62. The van der Waals surface area contributed by atoms with E-state index >= 15 is 0 Å². The molecule has 0 spiro atoms. The lowest BCUT2D eigenvalue weighted by molar-refractivity contribution is -0.137. The normalized spacial score (nSPS) is 19.8. The molecular formula is C28H39N3O2. The summed E-state index contributed by atoms with van der Waals surface area (Å²) in [7, 11) is 0. The number of aromatic nitrogens is 1. The number of benzene rings is 1. The molecule has 5 nitrogen and oxygen atoms in total. The Morgan fingerprint density at radius 3 is 2.45 bits per heavy atom. The van der Waals surface area contributed by atoms with E-state index < -0.39 is 5.97 Å². The van der Waals surface area contributed by atoms with Crippen molar-refractivity contribution >= 4 is 11.8 Å². The molecule has 4 rings (SSSR count). The number of carboxylic acids is 1. The molecule has 2 heterocycles. The average molecular weight is 450 g/mol. The second-order valence-electron chi connectivity index (χ2n) is 11.1. The van der Waals surface area contributed by atoms with Crippen molar-refractivity contribution in [1.82, 2.24) is 10.3 Å². The molecule has 5 heteroatoms. The van der Waals surface area contributed by atoms with Gasteiger partial charge in [0.15, 0.2) is 0 Å². The molecule has 0 atom stereocenters. The van der Waals surface area contributed by atoms with Crippen LogP contribution < -0.4 is 10.2 Å². The third-order valence-electron chi connectivity index (χ3n) is 7.70. The van der Waals surface area contributed by atoms with Crippen LogP contribution in [0.1, 0.15) is 77.3 Å². The molecule has 2 aromatic rings. The van der Waals surface area contributed by atoms with Gasteiger partial charge in [-0.05, 0) is 78.8 Å². The predicted molar refractivity (Wildman–Crippen MR) is 135 cm³/mol. The number of carbonyl (C=O) groups is 1. The summed E-state index contributed by atoms with van der Waals surface area (Å²) in [6, 6.07) is 13.8. The molecule has 0 bridgehead atoms. The Labute approximate surface area is 198 Å². The van der Waals surface area contributed by atoms with E-state index in [0.717, 1.165) is 44.0 Å². The third kappa shape index (κ3) is 5.40. The van der Waals surface area contributed by atoms with Gasteiger partial charge in [-0.15, -0.1) is 0 Å². The molecular weight excluding hydrogens is 410 g/mol. The van der Waals surface area contributed by atoms with Gasteiger partial charge in [-0.3, -0.25) is 4.79 Å². The Hall–Kier alpha value is -2.40. The quantitative estimate of drug-likeness (QED) is 0.545. The summed E-state index contributed by atoms with van der Waals surface area (Å²) in [4.78, 5) is 18.1. The average Bonchev–Trinajstić information content (AvgIpc) is 2.80. The third-order valence-corrected chi connectivity index (χ3v) is 7.70. The van der Waals surface area contributed by atoms with Crippen LogP contribution in [0.15, 0.2) is 36.4 Å². The fraction of sp³-hybridized carbons (Fsp3) is 0.571. The highest BCUT2D eigenvalue weighted by molar-refractivity contribution is 5.66. The molecule has 1 aromatic heterocycles. The number of aliphatic carboxylic acids is 1. The second-order valence-corrected chi connectivity index (χ2v) is 11.1. The van der Waals surface area contributed by atoms with Gasteiger partial charge in [0, 0.05) is 31.1 Å². The summed E-state index contributed by atoms with van der Waals surface area (Å²) < 4.78 is 0. The molecule has 1 aromatic carbocycles. The van der Waals surface area contributed by atoms with Crippen LogP contribution in [0.2, 0.25) is 0 Å². The maximum absolute atomic E-state index is 10.7. The second kappa shape index (κ2) is 9.46. The summed E-state index contributed by atoms with van der Waals surface area (Å²) >= 11 is 0. The number of anilines is 1. The van der Waals surface area contributed by atoms with Crippen molar-refractivity contribution in [3.05, 3.63) is 47.5 Å². The number of nitrogens with one attached hydrogen (secondary N) is 1. The monoisotopic (exact) mass is 449 g/mol. The summed E-state index contributed by atoms with van der Waals surface area (Å²) in [5, 5.41) is 12.3.